The number of nitrogens with one attached hydrogen (secondary N) is 4. The number of nitrogens with zero attached hydrogens (tertiary/aromatic N) is 4. The normalized spacial score (nSPS) is 12.3. The molecule has 0 aliphatic carbocycles. The zero-order valence-electron chi connectivity index (χ0n) is 13.8. The van der Waals surface area contributed by atoms with Crippen molar-refractivity contribution in [1.82, 2.24) is 21.2 Å². The van der Waals surface area contributed by atoms with E-state index in [1.54, 1.807) is 19.1 Å². The van der Waals surface area contributed by atoms with Crippen molar-refractivity contribution in [3.8, 4) is 6.07 Å². The van der Waals surface area contributed by atoms with Crippen LogP contribution in [-0.4, -0.2) is 49.6 Å². The third kappa shape index (κ3) is 7.38. The van der Waals surface area contributed by atoms with Gasteiger partial charge < -0.3 is 10.6 Å². The molecule has 136 valence electrons. The minimum absolute atomic E-state index is 0.155. The van der Waals surface area contributed by atoms with Gasteiger partial charge in [-0.1, -0.05) is 0 Å². The molecule has 0 saturated heterocycles. The number of amidine groups is 1. The average Bonchev–Trinajstić information content (AvgIpc) is 2.58. The first-order chi connectivity index (χ1) is 11.9. The van der Waals surface area contributed by atoms with Crippen molar-refractivity contribution < 1.29 is 13.2 Å². The van der Waals surface area contributed by atoms with E-state index in [0.717, 1.165) is 7.05 Å². The monoisotopic (exact) mass is 356 g/mol. The molecule has 0 bridgehead atoms. The Morgan fingerprint density at radius 1 is 1.32 bits per heavy atom. The standard InChI is InChI=1S/C14H19F3N8/c1-3-20-13(25-24-12(19-2)14(15,16)17)22-7-6-21-11-5-4-10(8-18)9-23-11/h4-5,9H,3,6-7H2,1-2H3,(H,19,24)(H,21,23)(H2,20,22,25). The summed E-state index contributed by atoms with van der Waals surface area (Å²) in [5.74, 6) is -0.428. The van der Waals surface area contributed by atoms with Gasteiger partial charge in [0.05, 0.1) is 12.1 Å². The lowest BCUT2D eigenvalue weighted by Gasteiger charge is -2.16. The minimum Gasteiger partial charge on any atom is -0.368 e. The molecular weight excluding hydrogens is 337 g/mol. The van der Waals surface area contributed by atoms with Gasteiger partial charge in [0.2, 0.25) is 11.8 Å². The van der Waals surface area contributed by atoms with Crippen LogP contribution in [0.25, 0.3) is 0 Å². The van der Waals surface area contributed by atoms with E-state index < -0.39 is 12.0 Å². The number of aromatic nitrogens is 1. The molecule has 0 atom stereocenters. The minimum atomic E-state index is -4.58. The molecule has 4 N–H and O–H groups in total. The summed E-state index contributed by atoms with van der Waals surface area (Å²) in [6.45, 7) is 2.95. The maximum absolute atomic E-state index is 12.6. The number of rotatable bonds is 5. The molecule has 0 aromatic carbocycles. The van der Waals surface area contributed by atoms with E-state index in [1.165, 1.54) is 6.20 Å². The molecule has 0 unspecified atom stereocenters. The van der Waals surface area contributed by atoms with Gasteiger partial charge in [-0.3, -0.25) is 20.8 Å². The highest BCUT2D eigenvalue weighted by atomic mass is 19.4. The number of nitriles is 1. The predicted molar refractivity (Wildman–Crippen MR) is 89.1 cm³/mol. The van der Waals surface area contributed by atoms with Crippen LogP contribution in [0, 0.1) is 11.3 Å². The van der Waals surface area contributed by atoms with Gasteiger partial charge in [0, 0.05) is 26.3 Å². The largest absolute Gasteiger partial charge is 0.450 e. The van der Waals surface area contributed by atoms with Crippen LogP contribution >= 0.6 is 0 Å². The van der Waals surface area contributed by atoms with Gasteiger partial charge in [-0.2, -0.15) is 18.4 Å². The van der Waals surface area contributed by atoms with Gasteiger partial charge in [-0.15, -0.1) is 0 Å². The predicted octanol–water partition coefficient (Wildman–Crippen LogP) is 1.02. The highest BCUT2D eigenvalue weighted by Gasteiger charge is 2.35. The van der Waals surface area contributed by atoms with Gasteiger partial charge >= 0.3 is 6.18 Å². The highest BCUT2D eigenvalue weighted by Crippen LogP contribution is 2.14. The third-order valence-electron chi connectivity index (χ3n) is 2.72. The Balaban J connectivity index is 2.50. The lowest BCUT2D eigenvalue weighted by molar-refractivity contribution is -0.0622. The van der Waals surface area contributed by atoms with Crippen molar-refractivity contribution in [1.29, 1.82) is 5.26 Å². The molecule has 11 heteroatoms. The summed E-state index contributed by atoms with van der Waals surface area (Å²) in [4.78, 5) is 11.3. The van der Waals surface area contributed by atoms with Crippen LogP contribution < -0.4 is 21.5 Å². The maximum atomic E-state index is 12.6. The average molecular weight is 356 g/mol. The summed E-state index contributed by atoms with van der Waals surface area (Å²) in [6.07, 6.45) is -3.15. The van der Waals surface area contributed by atoms with Gasteiger partial charge in [-0.05, 0) is 19.1 Å². The Hall–Kier alpha value is -3.03. The lowest BCUT2D eigenvalue weighted by Crippen LogP contribution is -2.52. The van der Waals surface area contributed by atoms with Gasteiger partial charge in [0.1, 0.15) is 11.9 Å². The second kappa shape index (κ2) is 9.96. The van der Waals surface area contributed by atoms with Crippen LogP contribution in [0.3, 0.4) is 0 Å². The first kappa shape index (κ1) is 20.0. The molecule has 0 fully saturated rings. The summed E-state index contributed by atoms with van der Waals surface area (Å²) >= 11 is 0. The zero-order valence-corrected chi connectivity index (χ0v) is 13.8. The SMILES string of the molecule is CCNC(=NCCNc1ccc(C#N)cn1)NNC(=NC)C(F)(F)F. The molecular formula is C14H19F3N8. The van der Waals surface area contributed by atoms with Gasteiger partial charge in [0.25, 0.3) is 0 Å². The first-order valence-electron chi connectivity index (χ1n) is 7.35. The number of alkyl halides is 3. The summed E-state index contributed by atoms with van der Waals surface area (Å²) in [5, 5.41) is 14.5. The second-order valence-electron chi connectivity index (χ2n) is 4.55. The molecule has 8 nitrogen and oxygen atoms in total. The number of halogens is 3. The third-order valence-corrected chi connectivity index (χ3v) is 2.72. The quantitative estimate of drug-likeness (QED) is 0.271. The van der Waals surface area contributed by atoms with E-state index >= 15 is 0 Å². The number of hydrazine groups is 1. The molecule has 1 aromatic heterocycles. The Labute approximate surface area is 143 Å². The van der Waals surface area contributed by atoms with E-state index in [0.29, 0.717) is 24.5 Å². The number of anilines is 1. The van der Waals surface area contributed by atoms with Crippen molar-refractivity contribution in [3.63, 3.8) is 0 Å². The maximum Gasteiger partial charge on any atom is 0.450 e. The lowest BCUT2D eigenvalue weighted by atomic mass is 10.3. The smallest absolute Gasteiger partial charge is 0.368 e. The van der Waals surface area contributed by atoms with Crippen LogP contribution in [0.1, 0.15) is 12.5 Å². The molecule has 1 heterocycles. The van der Waals surface area contributed by atoms with Crippen molar-refractivity contribution in [2.24, 2.45) is 9.98 Å². The molecule has 0 aliphatic rings. The summed E-state index contributed by atoms with van der Waals surface area (Å²) in [6, 6.07) is 5.24. The Morgan fingerprint density at radius 3 is 2.60 bits per heavy atom. The fourth-order valence-corrected chi connectivity index (χ4v) is 1.60. The topological polar surface area (TPSA) is 110 Å². The molecule has 0 spiro atoms. The summed E-state index contributed by atoms with van der Waals surface area (Å²) < 4.78 is 37.7. The number of hydrogen-bond donors (Lipinski definition) is 4. The fourth-order valence-electron chi connectivity index (χ4n) is 1.60. The number of pyridine rings is 1. The molecule has 0 saturated carbocycles. The number of guanidine groups is 1. The zero-order chi connectivity index (χ0) is 18.7. The molecule has 0 amide bonds. The number of hydrogen-bond acceptors (Lipinski definition) is 5. The van der Waals surface area contributed by atoms with Crippen molar-refractivity contribution in [2.45, 2.75) is 13.1 Å². The van der Waals surface area contributed by atoms with Crippen molar-refractivity contribution in [3.05, 3.63) is 23.9 Å². The van der Waals surface area contributed by atoms with Crippen LogP contribution in [0.5, 0.6) is 0 Å². The highest BCUT2D eigenvalue weighted by molar-refractivity contribution is 5.90. The van der Waals surface area contributed by atoms with Crippen LogP contribution in [-0.2, 0) is 0 Å². The molecule has 1 aromatic rings. The summed E-state index contributed by atoms with van der Waals surface area (Å²) in [5.41, 5.74) is 4.78. The van der Waals surface area contributed by atoms with Crippen molar-refractivity contribution in [2.75, 3.05) is 32.0 Å². The van der Waals surface area contributed by atoms with Gasteiger partial charge in [0.15, 0.2) is 0 Å². The van der Waals surface area contributed by atoms with Crippen LogP contribution in [0.2, 0.25) is 0 Å². The summed E-state index contributed by atoms with van der Waals surface area (Å²) in [7, 11) is 1.04. The van der Waals surface area contributed by atoms with E-state index in [1.807, 2.05) is 11.5 Å². The van der Waals surface area contributed by atoms with Crippen LogP contribution in [0.15, 0.2) is 28.3 Å². The van der Waals surface area contributed by atoms with E-state index in [2.05, 4.69) is 31.0 Å². The number of aliphatic imine (C=N–C) groups is 2. The first-order valence-corrected chi connectivity index (χ1v) is 7.35. The Bertz CT molecular complexity index is 631. The molecule has 25 heavy (non-hydrogen) atoms. The van der Waals surface area contributed by atoms with E-state index in [-0.39, 0.29) is 12.5 Å². The molecule has 0 radical (unpaired) electrons. The Morgan fingerprint density at radius 2 is 2.08 bits per heavy atom. The second-order valence-corrected chi connectivity index (χ2v) is 4.55. The van der Waals surface area contributed by atoms with E-state index in [4.69, 9.17) is 5.26 Å². The molecule has 0 aliphatic heterocycles. The fraction of sp³-hybridized carbons (Fsp3) is 0.429. The van der Waals surface area contributed by atoms with Crippen molar-refractivity contribution >= 4 is 17.6 Å². The van der Waals surface area contributed by atoms with Gasteiger partial charge in [-0.25, -0.2) is 4.98 Å². The molecule has 1 rings (SSSR count). The van der Waals surface area contributed by atoms with E-state index in [9.17, 15) is 13.2 Å². The van der Waals surface area contributed by atoms with Crippen LogP contribution in [0.4, 0.5) is 19.0 Å². The Kier molecular flexibility index (Phi) is 7.98.